The number of hydrogen-bond acceptors (Lipinski definition) is 4. The number of hydrogen-bond donors (Lipinski definition) is 1. The predicted molar refractivity (Wildman–Crippen MR) is 68.6 cm³/mol. The minimum Gasteiger partial charge on any atom is -0.474 e. The molecule has 0 amide bonds. The Morgan fingerprint density at radius 3 is 2.56 bits per heavy atom. The van der Waals surface area contributed by atoms with Crippen molar-refractivity contribution in [3.05, 3.63) is 23.4 Å². The van der Waals surface area contributed by atoms with Crippen molar-refractivity contribution < 1.29 is 14.6 Å². The molecule has 1 aromatic rings. The molecular weight excluding hydrogens is 230 g/mol. The normalized spacial score (nSPS) is 28.1. The molecule has 18 heavy (non-hydrogen) atoms. The maximum absolute atomic E-state index is 9.10. The molecule has 1 saturated heterocycles. The number of pyridine rings is 1. The number of rotatable bonds is 3. The van der Waals surface area contributed by atoms with Crippen molar-refractivity contribution in [1.29, 1.82) is 0 Å². The second-order valence-electron chi connectivity index (χ2n) is 5.02. The molecule has 0 radical (unpaired) electrons. The summed E-state index contributed by atoms with van der Waals surface area (Å²) in [5.41, 5.74) is 1.67. The Morgan fingerprint density at radius 2 is 2.00 bits per heavy atom. The first-order chi connectivity index (χ1) is 8.58. The van der Waals surface area contributed by atoms with Crippen molar-refractivity contribution >= 4 is 0 Å². The third kappa shape index (κ3) is 3.21. The summed E-state index contributed by atoms with van der Waals surface area (Å²) < 4.78 is 11.6. The van der Waals surface area contributed by atoms with Gasteiger partial charge in [0.2, 0.25) is 5.88 Å². The maximum atomic E-state index is 9.10. The molecule has 1 aliphatic rings. The molecule has 0 bridgehead atoms. The second-order valence-corrected chi connectivity index (χ2v) is 5.02. The van der Waals surface area contributed by atoms with Crippen LogP contribution >= 0.6 is 0 Å². The van der Waals surface area contributed by atoms with E-state index in [0.29, 0.717) is 5.88 Å². The molecule has 1 N–H and O–H groups in total. The molecule has 4 nitrogen and oxygen atoms in total. The largest absolute Gasteiger partial charge is 0.474 e. The van der Waals surface area contributed by atoms with E-state index in [1.54, 1.807) is 0 Å². The van der Waals surface area contributed by atoms with Crippen LogP contribution in [-0.2, 0) is 11.3 Å². The number of aryl methyl sites for hydroxylation is 1. The number of ether oxygens (including phenoxy) is 2. The standard InChI is InChI=1S/C14H21NO3/c1-9-6-13(7-10(2)17-9)18-14-5-4-12(8-16)11(3)15-14/h4-5,9-10,13,16H,6-8H2,1-3H3. The lowest BCUT2D eigenvalue weighted by atomic mass is 10.0. The van der Waals surface area contributed by atoms with E-state index in [-0.39, 0.29) is 24.9 Å². The van der Waals surface area contributed by atoms with Crippen LogP contribution in [0.15, 0.2) is 12.1 Å². The zero-order valence-electron chi connectivity index (χ0n) is 11.2. The van der Waals surface area contributed by atoms with Crippen molar-refractivity contribution in [2.45, 2.75) is 58.5 Å². The van der Waals surface area contributed by atoms with Crippen molar-refractivity contribution in [2.24, 2.45) is 0 Å². The van der Waals surface area contributed by atoms with Gasteiger partial charge in [0.1, 0.15) is 6.10 Å². The zero-order valence-corrected chi connectivity index (χ0v) is 11.2. The van der Waals surface area contributed by atoms with Gasteiger partial charge in [-0.3, -0.25) is 0 Å². The highest BCUT2D eigenvalue weighted by molar-refractivity contribution is 5.24. The lowest BCUT2D eigenvalue weighted by Crippen LogP contribution is -2.35. The van der Waals surface area contributed by atoms with E-state index >= 15 is 0 Å². The second kappa shape index (κ2) is 5.67. The first-order valence-electron chi connectivity index (χ1n) is 6.48. The smallest absolute Gasteiger partial charge is 0.213 e. The molecule has 2 unspecified atom stereocenters. The van der Waals surface area contributed by atoms with E-state index in [0.717, 1.165) is 24.1 Å². The van der Waals surface area contributed by atoms with Gasteiger partial charge in [0, 0.05) is 24.6 Å². The topological polar surface area (TPSA) is 51.6 Å². The Kier molecular flexibility index (Phi) is 4.19. The van der Waals surface area contributed by atoms with Crippen LogP contribution in [0.4, 0.5) is 0 Å². The molecule has 100 valence electrons. The van der Waals surface area contributed by atoms with Crippen molar-refractivity contribution in [3.63, 3.8) is 0 Å². The SMILES string of the molecule is Cc1nc(OC2CC(C)OC(C)C2)ccc1CO. The maximum Gasteiger partial charge on any atom is 0.213 e. The van der Waals surface area contributed by atoms with Crippen LogP contribution in [0.2, 0.25) is 0 Å². The first-order valence-corrected chi connectivity index (χ1v) is 6.48. The van der Waals surface area contributed by atoms with Gasteiger partial charge in [-0.15, -0.1) is 0 Å². The van der Waals surface area contributed by atoms with Crippen LogP contribution in [-0.4, -0.2) is 28.4 Å². The summed E-state index contributed by atoms with van der Waals surface area (Å²) in [6.07, 6.45) is 2.42. The molecular formula is C14H21NO3. The zero-order chi connectivity index (χ0) is 13.1. The summed E-state index contributed by atoms with van der Waals surface area (Å²) in [5.74, 6) is 0.635. The quantitative estimate of drug-likeness (QED) is 0.895. The highest BCUT2D eigenvalue weighted by Crippen LogP contribution is 2.23. The van der Waals surface area contributed by atoms with Crippen LogP contribution < -0.4 is 4.74 Å². The third-order valence-corrected chi connectivity index (χ3v) is 3.28. The molecule has 1 aliphatic heterocycles. The van der Waals surface area contributed by atoms with E-state index in [1.807, 2.05) is 19.1 Å². The Bertz CT molecular complexity index is 398. The Hall–Kier alpha value is -1.13. The summed E-state index contributed by atoms with van der Waals surface area (Å²) in [5, 5.41) is 9.10. The molecule has 2 rings (SSSR count). The van der Waals surface area contributed by atoms with Crippen LogP contribution in [0.25, 0.3) is 0 Å². The van der Waals surface area contributed by atoms with Gasteiger partial charge in [0.05, 0.1) is 18.8 Å². The summed E-state index contributed by atoms with van der Waals surface area (Å²) >= 11 is 0. The molecule has 2 atom stereocenters. The van der Waals surface area contributed by atoms with Gasteiger partial charge < -0.3 is 14.6 Å². The fraction of sp³-hybridized carbons (Fsp3) is 0.643. The van der Waals surface area contributed by atoms with Gasteiger partial charge in [0.25, 0.3) is 0 Å². The molecule has 2 heterocycles. The van der Waals surface area contributed by atoms with Crippen LogP contribution in [0.1, 0.15) is 37.9 Å². The van der Waals surface area contributed by atoms with Gasteiger partial charge in [0.15, 0.2) is 0 Å². The Labute approximate surface area is 108 Å². The number of aromatic nitrogens is 1. The fourth-order valence-electron chi connectivity index (χ4n) is 2.41. The van der Waals surface area contributed by atoms with Crippen LogP contribution in [0.3, 0.4) is 0 Å². The molecule has 0 aliphatic carbocycles. The Balaban J connectivity index is 2.02. The van der Waals surface area contributed by atoms with E-state index in [2.05, 4.69) is 18.8 Å². The number of nitrogens with zero attached hydrogens (tertiary/aromatic N) is 1. The van der Waals surface area contributed by atoms with Gasteiger partial charge in [-0.1, -0.05) is 0 Å². The highest BCUT2D eigenvalue weighted by Gasteiger charge is 2.26. The summed E-state index contributed by atoms with van der Waals surface area (Å²) in [6.45, 7) is 6.04. The van der Waals surface area contributed by atoms with Crippen LogP contribution in [0, 0.1) is 6.92 Å². The van der Waals surface area contributed by atoms with Gasteiger partial charge in [-0.05, 0) is 32.4 Å². The minimum absolute atomic E-state index is 0.0183. The van der Waals surface area contributed by atoms with E-state index < -0.39 is 0 Å². The Morgan fingerprint density at radius 1 is 1.33 bits per heavy atom. The summed E-state index contributed by atoms with van der Waals surface area (Å²) in [4.78, 5) is 4.37. The van der Waals surface area contributed by atoms with E-state index in [4.69, 9.17) is 14.6 Å². The van der Waals surface area contributed by atoms with E-state index in [9.17, 15) is 0 Å². The summed E-state index contributed by atoms with van der Waals surface area (Å²) in [6, 6.07) is 3.69. The minimum atomic E-state index is 0.0183. The average Bonchev–Trinajstić information content (AvgIpc) is 2.27. The average molecular weight is 251 g/mol. The molecule has 0 spiro atoms. The van der Waals surface area contributed by atoms with Gasteiger partial charge >= 0.3 is 0 Å². The summed E-state index contributed by atoms with van der Waals surface area (Å²) in [7, 11) is 0. The molecule has 1 aromatic heterocycles. The van der Waals surface area contributed by atoms with E-state index in [1.165, 1.54) is 0 Å². The highest BCUT2D eigenvalue weighted by atomic mass is 16.5. The monoisotopic (exact) mass is 251 g/mol. The molecule has 0 aromatic carbocycles. The number of aliphatic hydroxyl groups is 1. The lowest BCUT2D eigenvalue weighted by Gasteiger charge is -2.32. The van der Waals surface area contributed by atoms with Gasteiger partial charge in [-0.25, -0.2) is 4.98 Å². The molecule has 1 fully saturated rings. The van der Waals surface area contributed by atoms with Crippen molar-refractivity contribution in [2.75, 3.05) is 0 Å². The fourth-order valence-corrected chi connectivity index (χ4v) is 2.41. The van der Waals surface area contributed by atoms with Gasteiger partial charge in [-0.2, -0.15) is 0 Å². The van der Waals surface area contributed by atoms with Crippen molar-refractivity contribution in [3.8, 4) is 5.88 Å². The lowest BCUT2D eigenvalue weighted by molar-refractivity contribution is -0.0729. The molecule has 0 saturated carbocycles. The predicted octanol–water partition coefficient (Wildman–Crippen LogP) is 2.22. The van der Waals surface area contributed by atoms with Crippen molar-refractivity contribution in [1.82, 2.24) is 4.98 Å². The number of aliphatic hydroxyl groups excluding tert-OH is 1. The van der Waals surface area contributed by atoms with Crippen LogP contribution in [0.5, 0.6) is 5.88 Å². The first kappa shape index (κ1) is 13.3. The third-order valence-electron chi connectivity index (χ3n) is 3.28. The molecule has 4 heteroatoms.